The molecule has 1 aromatic carbocycles. The number of aryl methyl sites for hydroxylation is 2. The van der Waals surface area contributed by atoms with Crippen LogP contribution < -0.4 is 10.1 Å². The summed E-state index contributed by atoms with van der Waals surface area (Å²) >= 11 is 1.55. The van der Waals surface area contributed by atoms with Crippen LogP contribution in [0.4, 0.5) is 4.79 Å². The van der Waals surface area contributed by atoms with E-state index in [0.717, 1.165) is 51.5 Å². The zero-order valence-corrected chi connectivity index (χ0v) is 21.3. The predicted molar refractivity (Wildman–Crippen MR) is 134 cm³/mol. The van der Waals surface area contributed by atoms with Gasteiger partial charge in [-0.1, -0.05) is 17.3 Å². The molecule has 4 rings (SSSR count). The van der Waals surface area contributed by atoms with Gasteiger partial charge < -0.3 is 19.3 Å². The molecule has 0 bridgehead atoms. The molecule has 2 heterocycles. The third-order valence-corrected chi connectivity index (χ3v) is 7.71. The average molecular weight is 508 g/mol. The molecule has 1 unspecified atom stereocenters. The van der Waals surface area contributed by atoms with E-state index in [2.05, 4.69) is 16.5 Å². The Bertz CT molecular complexity index is 1270. The minimum Gasteiger partial charge on any atom is -0.497 e. The van der Waals surface area contributed by atoms with Crippen molar-refractivity contribution in [3.8, 4) is 11.8 Å². The highest BCUT2D eigenvalue weighted by molar-refractivity contribution is 7.12. The molecule has 3 aromatic rings. The van der Waals surface area contributed by atoms with Crippen LogP contribution in [0.25, 0.3) is 0 Å². The number of alkyl carbamates (subject to hydrolysis) is 1. The summed E-state index contributed by atoms with van der Waals surface area (Å²) in [7, 11) is 1.62. The van der Waals surface area contributed by atoms with Gasteiger partial charge in [-0.3, -0.25) is 4.79 Å². The molecule has 1 N–H and O–H groups in total. The number of methoxy groups -OCH3 is 1. The molecular formula is C27H29N3O5S. The number of amides is 1. The minimum absolute atomic E-state index is 0.118. The third-order valence-electron chi connectivity index (χ3n) is 6.46. The predicted octanol–water partition coefficient (Wildman–Crippen LogP) is 4.70. The number of hydrogen-bond donors (Lipinski definition) is 1. The van der Waals surface area contributed by atoms with Crippen LogP contribution in [0.15, 0.2) is 35.0 Å². The van der Waals surface area contributed by atoms with E-state index < -0.39 is 6.09 Å². The highest BCUT2D eigenvalue weighted by atomic mass is 32.1. The van der Waals surface area contributed by atoms with Gasteiger partial charge in [0.2, 0.25) is 0 Å². The van der Waals surface area contributed by atoms with E-state index in [1.54, 1.807) is 31.6 Å². The van der Waals surface area contributed by atoms with Crippen LogP contribution in [0, 0.1) is 24.2 Å². The van der Waals surface area contributed by atoms with Crippen molar-refractivity contribution in [2.75, 3.05) is 13.7 Å². The molecule has 9 heteroatoms. The maximum Gasteiger partial charge on any atom is 0.407 e. The number of ether oxygens (including phenoxy) is 2. The van der Waals surface area contributed by atoms with Gasteiger partial charge in [-0.2, -0.15) is 5.26 Å². The number of nitriles is 1. The Morgan fingerprint density at radius 2 is 2.22 bits per heavy atom. The highest BCUT2D eigenvalue weighted by Gasteiger charge is 2.27. The van der Waals surface area contributed by atoms with Crippen LogP contribution in [0.3, 0.4) is 0 Å². The van der Waals surface area contributed by atoms with Crippen LogP contribution in [0.5, 0.6) is 5.75 Å². The SMILES string of the molecule is COc1cccc(CCC(=O)Cc2sc3c(c2C#N)CCC(COC(=O)NCc2cnoc2C)C3)c1. The number of thiophene rings is 1. The van der Waals surface area contributed by atoms with Crippen molar-refractivity contribution in [3.05, 3.63) is 68.2 Å². The first kappa shape index (κ1) is 25.5. The molecule has 8 nitrogen and oxygen atoms in total. The van der Waals surface area contributed by atoms with E-state index in [1.807, 2.05) is 24.3 Å². The zero-order chi connectivity index (χ0) is 25.5. The average Bonchev–Trinajstić information content (AvgIpc) is 3.46. The number of Topliss-reactive ketones (excluding diaryl/α,β-unsaturated/α-hetero) is 1. The molecule has 0 aliphatic heterocycles. The van der Waals surface area contributed by atoms with E-state index in [4.69, 9.17) is 14.0 Å². The number of hydrogen-bond acceptors (Lipinski definition) is 8. The van der Waals surface area contributed by atoms with Crippen molar-refractivity contribution in [2.24, 2.45) is 5.92 Å². The quantitative estimate of drug-likeness (QED) is 0.423. The Balaban J connectivity index is 1.29. The van der Waals surface area contributed by atoms with E-state index >= 15 is 0 Å². The van der Waals surface area contributed by atoms with Gasteiger partial charge in [0.25, 0.3) is 0 Å². The molecule has 188 valence electrons. The number of nitrogens with zero attached hydrogens (tertiary/aromatic N) is 2. The van der Waals surface area contributed by atoms with Gasteiger partial charge in [0.15, 0.2) is 0 Å². The fourth-order valence-corrected chi connectivity index (χ4v) is 5.84. The summed E-state index contributed by atoms with van der Waals surface area (Å²) in [4.78, 5) is 26.8. The summed E-state index contributed by atoms with van der Waals surface area (Å²) in [5.74, 6) is 1.74. The number of carbonyl (C=O) groups is 2. The molecule has 0 fully saturated rings. The largest absolute Gasteiger partial charge is 0.497 e. The molecule has 0 radical (unpaired) electrons. The van der Waals surface area contributed by atoms with Crippen LogP contribution in [-0.4, -0.2) is 30.7 Å². The number of ketones is 1. The summed E-state index contributed by atoms with van der Waals surface area (Å²) < 4.78 is 15.7. The van der Waals surface area contributed by atoms with Gasteiger partial charge in [-0.05, 0) is 61.8 Å². The number of carbonyl (C=O) groups excluding carboxylic acids is 2. The van der Waals surface area contributed by atoms with Crippen molar-refractivity contribution >= 4 is 23.2 Å². The summed E-state index contributed by atoms with van der Waals surface area (Å²) in [5.41, 5.74) is 3.58. The Kier molecular flexibility index (Phi) is 8.39. The van der Waals surface area contributed by atoms with Crippen LogP contribution in [-0.2, 0) is 41.8 Å². The van der Waals surface area contributed by atoms with Gasteiger partial charge in [-0.15, -0.1) is 11.3 Å². The maximum absolute atomic E-state index is 12.7. The van der Waals surface area contributed by atoms with Crippen LogP contribution >= 0.6 is 11.3 Å². The van der Waals surface area contributed by atoms with Crippen molar-refractivity contribution in [3.63, 3.8) is 0 Å². The highest BCUT2D eigenvalue weighted by Crippen LogP contribution is 2.37. The second-order valence-corrected chi connectivity index (χ2v) is 10.1. The normalized spacial score (nSPS) is 14.5. The molecule has 0 saturated carbocycles. The summed E-state index contributed by atoms with van der Waals surface area (Å²) in [6, 6.07) is 10.1. The topological polar surface area (TPSA) is 114 Å². The Labute approximate surface area is 214 Å². The smallest absolute Gasteiger partial charge is 0.407 e. The molecular weight excluding hydrogens is 478 g/mol. The minimum atomic E-state index is -0.479. The molecule has 0 saturated heterocycles. The molecule has 36 heavy (non-hydrogen) atoms. The molecule has 1 atom stereocenters. The van der Waals surface area contributed by atoms with Crippen molar-refractivity contribution in [2.45, 2.75) is 52.0 Å². The second kappa shape index (κ2) is 11.9. The Hall–Kier alpha value is -3.64. The van der Waals surface area contributed by atoms with Gasteiger partial charge in [0.05, 0.1) is 32.0 Å². The first-order valence-electron chi connectivity index (χ1n) is 12.0. The van der Waals surface area contributed by atoms with E-state index in [0.29, 0.717) is 37.3 Å². The molecule has 1 aliphatic rings. The Morgan fingerprint density at radius 1 is 1.36 bits per heavy atom. The van der Waals surface area contributed by atoms with Crippen LogP contribution in [0.2, 0.25) is 0 Å². The van der Waals surface area contributed by atoms with Crippen molar-refractivity contribution in [1.82, 2.24) is 10.5 Å². The number of rotatable bonds is 10. The van der Waals surface area contributed by atoms with Crippen molar-refractivity contribution < 1.29 is 23.6 Å². The number of benzene rings is 1. The van der Waals surface area contributed by atoms with Gasteiger partial charge in [-0.25, -0.2) is 4.79 Å². The van der Waals surface area contributed by atoms with Gasteiger partial charge >= 0.3 is 6.09 Å². The summed E-state index contributed by atoms with van der Waals surface area (Å²) in [6.07, 6.45) is 4.75. The lowest BCUT2D eigenvalue weighted by molar-refractivity contribution is -0.118. The lowest BCUT2D eigenvalue weighted by atomic mass is 9.87. The lowest BCUT2D eigenvalue weighted by Crippen LogP contribution is -2.27. The van der Waals surface area contributed by atoms with E-state index in [1.165, 1.54) is 0 Å². The fraction of sp³-hybridized carbons (Fsp3) is 0.407. The van der Waals surface area contributed by atoms with Gasteiger partial charge in [0.1, 0.15) is 23.4 Å². The van der Waals surface area contributed by atoms with Gasteiger partial charge in [0, 0.05) is 28.2 Å². The summed E-state index contributed by atoms with van der Waals surface area (Å²) in [5, 5.41) is 16.2. The fourth-order valence-electron chi connectivity index (χ4n) is 4.39. The Morgan fingerprint density at radius 3 is 2.97 bits per heavy atom. The zero-order valence-electron chi connectivity index (χ0n) is 20.5. The van der Waals surface area contributed by atoms with Crippen molar-refractivity contribution in [1.29, 1.82) is 5.26 Å². The maximum atomic E-state index is 12.7. The van der Waals surface area contributed by atoms with Crippen LogP contribution in [0.1, 0.15) is 50.6 Å². The first-order chi connectivity index (χ1) is 17.5. The number of aromatic nitrogens is 1. The molecule has 1 aliphatic carbocycles. The number of nitrogens with one attached hydrogen (secondary N) is 1. The van der Waals surface area contributed by atoms with E-state index in [9.17, 15) is 14.9 Å². The number of fused-ring (bicyclic) bond motifs is 1. The monoisotopic (exact) mass is 507 g/mol. The van der Waals surface area contributed by atoms with E-state index in [-0.39, 0.29) is 18.1 Å². The molecule has 0 spiro atoms. The third kappa shape index (κ3) is 6.32. The summed E-state index contributed by atoms with van der Waals surface area (Å²) in [6.45, 7) is 2.39. The molecule has 2 aromatic heterocycles. The second-order valence-electron chi connectivity index (χ2n) is 8.95. The molecule has 1 amide bonds. The standard InChI is InChI=1S/C27H29N3O5S/c1-17-20(15-30-35-17)14-29-27(32)34-16-19-7-9-23-24(13-28)26(36-25(23)11-19)12-21(31)8-6-18-4-3-5-22(10-18)33-2/h3-5,10,15,19H,6-9,11-12,14,16H2,1-2H3,(H,29,32). The lowest BCUT2D eigenvalue weighted by Gasteiger charge is -2.22. The first-order valence-corrected chi connectivity index (χ1v) is 12.8.